The molecule has 1 amide bonds. The molecule has 1 unspecified atom stereocenters. The van der Waals surface area contributed by atoms with Crippen molar-refractivity contribution in [3.8, 4) is 11.5 Å². The van der Waals surface area contributed by atoms with Crippen LogP contribution in [0.3, 0.4) is 0 Å². The Bertz CT molecular complexity index is 778. The molecule has 0 aromatic heterocycles. The fourth-order valence-electron chi connectivity index (χ4n) is 3.32. The summed E-state index contributed by atoms with van der Waals surface area (Å²) in [5.41, 5.74) is 1.79. The number of carbonyl (C=O) groups excluding carboxylic acids is 1. The van der Waals surface area contributed by atoms with Crippen LogP contribution in [0.1, 0.15) is 17.5 Å². The lowest BCUT2D eigenvalue weighted by atomic mass is 9.97. The summed E-state index contributed by atoms with van der Waals surface area (Å²) in [7, 11) is 1.59. The van der Waals surface area contributed by atoms with Crippen molar-refractivity contribution in [1.29, 1.82) is 0 Å². The van der Waals surface area contributed by atoms with Gasteiger partial charge in [0.15, 0.2) is 6.61 Å². The van der Waals surface area contributed by atoms with Gasteiger partial charge in [-0.2, -0.15) is 0 Å². The molecule has 0 N–H and O–H groups in total. The number of halogens is 1. The van der Waals surface area contributed by atoms with E-state index in [0.29, 0.717) is 23.0 Å². The number of ether oxygens (including phenoxy) is 2. The van der Waals surface area contributed by atoms with E-state index in [1.165, 1.54) is 6.07 Å². The molecule has 1 aliphatic heterocycles. The monoisotopic (exact) mass is 357 g/mol. The lowest BCUT2D eigenvalue weighted by Crippen LogP contribution is -2.33. The molecule has 138 valence electrons. The highest BCUT2D eigenvalue weighted by molar-refractivity contribution is 5.78. The predicted molar refractivity (Wildman–Crippen MR) is 98.0 cm³/mol. The molecule has 0 radical (unpaired) electrons. The van der Waals surface area contributed by atoms with Gasteiger partial charge >= 0.3 is 0 Å². The summed E-state index contributed by atoms with van der Waals surface area (Å²) in [5, 5.41) is 0. The molecule has 26 heavy (non-hydrogen) atoms. The molecule has 0 aliphatic carbocycles. The molecule has 1 aliphatic rings. The first-order valence-electron chi connectivity index (χ1n) is 8.85. The first kappa shape index (κ1) is 18.2. The van der Waals surface area contributed by atoms with Gasteiger partial charge in [0.25, 0.3) is 5.91 Å². The Morgan fingerprint density at radius 3 is 2.81 bits per heavy atom. The minimum Gasteiger partial charge on any atom is -0.497 e. The Kier molecular flexibility index (Phi) is 5.76. The Labute approximate surface area is 153 Å². The quantitative estimate of drug-likeness (QED) is 0.793. The summed E-state index contributed by atoms with van der Waals surface area (Å²) in [6.07, 6.45) is 1.82. The fourth-order valence-corrected chi connectivity index (χ4v) is 3.32. The zero-order valence-corrected chi connectivity index (χ0v) is 15.2. The number of aryl methyl sites for hydroxylation is 1. The minimum atomic E-state index is -0.174. The zero-order chi connectivity index (χ0) is 18.5. The Morgan fingerprint density at radius 2 is 2.04 bits per heavy atom. The molecule has 0 spiro atoms. The van der Waals surface area contributed by atoms with Crippen molar-refractivity contribution in [2.75, 3.05) is 26.8 Å². The third-order valence-electron chi connectivity index (χ3n) is 4.79. The summed E-state index contributed by atoms with van der Waals surface area (Å²) in [5.74, 6) is 1.54. The Hall–Kier alpha value is -2.56. The van der Waals surface area contributed by atoms with Crippen molar-refractivity contribution in [2.24, 2.45) is 5.92 Å². The summed E-state index contributed by atoms with van der Waals surface area (Å²) in [6, 6.07) is 12.5. The number of nitrogens with zero attached hydrogens (tertiary/aromatic N) is 1. The SMILES string of the molecule is COc1cccc(OCC(=O)N2CCC(Cc3ccc(F)c(C)c3)C2)c1. The van der Waals surface area contributed by atoms with Crippen LogP contribution in [0.25, 0.3) is 0 Å². The summed E-state index contributed by atoms with van der Waals surface area (Å²) in [6.45, 7) is 3.26. The van der Waals surface area contributed by atoms with Crippen molar-refractivity contribution >= 4 is 5.91 Å². The smallest absolute Gasteiger partial charge is 0.260 e. The van der Waals surface area contributed by atoms with Crippen LogP contribution in [0.15, 0.2) is 42.5 Å². The second-order valence-corrected chi connectivity index (χ2v) is 6.75. The van der Waals surface area contributed by atoms with Gasteiger partial charge in [-0.15, -0.1) is 0 Å². The summed E-state index contributed by atoms with van der Waals surface area (Å²) >= 11 is 0. The molecule has 1 saturated heterocycles. The number of hydrogen-bond acceptors (Lipinski definition) is 3. The molecule has 2 aromatic rings. The number of rotatable bonds is 6. The van der Waals surface area contributed by atoms with Crippen molar-refractivity contribution < 1.29 is 18.7 Å². The molecule has 5 heteroatoms. The van der Waals surface area contributed by atoms with E-state index in [-0.39, 0.29) is 18.3 Å². The maximum atomic E-state index is 13.4. The fraction of sp³-hybridized carbons (Fsp3) is 0.381. The molecule has 3 rings (SSSR count). The molecule has 0 bridgehead atoms. The third-order valence-corrected chi connectivity index (χ3v) is 4.79. The maximum absolute atomic E-state index is 13.4. The van der Waals surface area contributed by atoms with E-state index >= 15 is 0 Å². The standard InChI is InChI=1S/C21H24FNO3/c1-15-10-16(6-7-20(15)22)11-17-8-9-23(13-17)21(24)14-26-19-5-3-4-18(12-19)25-2/h3-7,10,12,17H,8-9,11,13-14H2,1-2H3. The zero-order valence-electron chi connectivity index (χ0n) is 15.2. The van der Waals surface area contributed by atoms with E-state index < -0.39 is 0 Å². The van der Waals surface area contributed by atoms with Crippen molar-refractivity contribution in [3.05, 3.63) is 59.4 Å². The number of benzene rings is 2. The minimum absolute atomic E-state index is 0.00870. The molecule has 1 heterocycles. The molecule has 0 saturated carbocycles. The van der Waals surface area contributed by atoms with E-state index in [1.54, 1.807) is 26.2 Å². The molecule has 2 aromatic carbocycles. The molecule has 1 atom stereocenters. The maximum Gasteiger partial charge on any atom is 0.260 e. The first-order valence-corrected chi connectivity index (χ1v) is 8.85. The highest BCUT2D eigenvalue weighted by atomic mass is 19.1. The molecule has 4 nitrogen and oxygen atoms in total. The van der Waals surface area contributed by atoms with Gasteiger partial charge in [0.2, 0.25) is 0 Å². The van der Waals surface area contributed by atoms with Crippen molar-refractivity contribution in [3.63, 3.8) is 0 Å². The van der Waals surface area contributed by atoms with E-state index in [4.69, 9.17) is 9.47 Å². The number of likely N-dealkylation sites (tertiary alicyclic amines) is 1. The van der Waals surface area contributed by atoms with Crippen LogP contribution in [0.2, 0.25) is 0 Å². The van der Waals surface area contributed by atoms with Gasteiger partial charge in [-0.1, -0.05) is 18.2 Å². The van der Waals surface area contributed by atoms with Crippen LogP contribution in [-0.2, 0) is 11.2 Å². The molecular weight excluding hydrogens is 333 g/mol. The Morgan fingerprint density at radius 1 is 1.23 bits per heavy atom. The van der Waals surface area contributed by atoms with Gasteiger partial charge in [0.1, 0.15) is 17.3 Å². The largest absolute Gasteiger partial charge is 0.497 e. The first-order chi connectivity index (χ1) is 12.5. The number of amides is 1. The van der Waals surface area contributed by atoms with Crippen LogP contribution in [0, 0.1) is 18.7 Å². The van der Waals surface area contributed by atoms with Crippen molar-refractivity contribution in [2.45, 2.75) is 19.8 Å². The Balaban J connectivity index is 1.49. The summed E-state index contributed by atoms with van der Waals surface area (Å²) in [4.78, 5) is 14.2. The van der Waals surface area contributed by atoms with Crippen LogP contribution < -0.4 is 9.47 Å². The third kappa shape index (κ3) is 4.54. The second-order valence-electron chi connectivity index (χ2n) is 6.75. The van der Waals surface area contributed by atoms with Crippen LogP contribution in [0.5, 0.6) is 11.5 Å². The van der Waals surface area contributed by atoms with Crippen LogP contribution in [0.4, 0.5) is 4.39 Å². The normalized spacial score (nSPS) is 16.6. The van der Waals surface area contributed by atoms with Crippen LogP contribution >= 0.6 is 0 Å². The molecule has 1 fully saturated rings. The second kappa shape index (κ2) is 8.21. The summed E-state index contributed by atoms with van der Waals surface area (Å²) < 4.78 is 24.1. The van der Waals surface area contributed by atoms with E-state index in [9.17, 15) is 9.18 Å². The van der Waals surface area contributed by atoms with Gasteiger partial charge in [-0.3, -0.25) is 4.79 Å². The lowest BCUT2D eigenvalue weighted by molar-refractivity contribution is -0.132. The highest BCUT2D eigenvalue weighted by Crippen LogP contribution is 2.23. The van der Waals surface area contributed by atoms with Crippen LogP contribution in [-0.4, -0.2) is 37.6 Å². The highest BCUT2D eigenvalue weighted by Gasteiger charge is 2.26. The van der Waals surface area contributed by atoms with Gasteiger partial charge < -0.3 is 14.4 Å². The van der Waals surface area contributed by atoms with Gasteiger partial charge in [-0.25, -0.2) is 4.39 Å². The topological polar surface area (TPSA) is 38.8 Å². The van der Waals surface area contributed by atoms with E-state index in [0.717, 1.165) is 31.5 Å². The van der Waals surface area contributed by atoms with Crippen molar-refractivity contribution in [1.82, 2.24) is 4.90 Å². The number of carbonyl (C=O) groups is 1. The van der Waals surface area contributed by atoms with Gasteiger partial charge in [-0.05, 0) is 55.0 Å². The van der Waals surface area contributed by atoms with Gasteiger partial charge in [0, 0.05) is 19.2 Å². The number of hydrogen-bond donors (Lipinski definition) is 0. The van der Waals surface area contributed by atoms with E-state index in [1.807, 2.05) is 29.2 Å². The lowest BCUT2D eigenvalue weighted by Gasteiger charge is -2.17. The van der Waals surface area contributed by atoms with E-state index in [2.05, 4.69) is 0 Å². The average molecular weight is 357 g/mol. The van der Waals surface area contributed by atoms with Gasteiger partial charge in [0.05, 0.1) is 7.11 Å². The number of methoxy groups -OCH3 is 1. The molecular formula is C21H24FNO3. The average Bonchev–Trinajstić information content (AvgIpc) is 3.11. The predicted octanol–water partition coefficient (Wildman–Crippen LogP) is 3.61.